The molecule has 4 heteroatoms. The summed E-state index contributed by atoms with van der Waals surface area (Å²) in [6.07, 6.45) is 5.56. The summed E-state index contributed by atoms with van der Waals surface area (Å²) in [6, 6.07) is 0.461. The summed E-state index contributed by atoms with van der Waals surface area (Å²) >= 11 is 0. The molecule has 2 heterocycles. The summed E-state index contributed by atoms with van der Waals surface area (Å²) < 4.78 is 5.60. The van der Waals surface area contributed by atoms with Crippen LogP contribution < -0.4 is 5.32 Å². The van der Waals surface area contributed by atoms with E-state index in [0.717, 1.165) is 32.5 Å². The lowest BCUT2D eigenvalue weighted by Gasteiger charge is -2.32. The van der Waals surface area contributed by atoms with Crippen LogP contribution in [0, 0.1) is 0 Å². The Kier molecular flexibility index (Phi) is 4.05. The number of piperidine rings is 1. The standard InChI is InChI=1S/C13H24N2O2/c1-13(7-5-9-17-13)12(16)15(2)10-11-6-3-4-8-14-11/h11,14H,3-10H2,1-2H3. The molecule has 4 nitrogen and oxygen atoms in total. The molecule has 0 aliphatic carbocycles. The molecule has 2 aliphatic rings. The van der Waals surface area contributed by atoms with Gasteiger partial charge in [-0.25, -0.2) is 0 Å². The third-order valence-electron chi connectivity index (χ3n) is 3.92. The zero-order chi connectivity index (χ0) is 12.3. The Labute approximate surface area is 104 Å². The van der Waals surface area contributed by atoms with Crippen molar-refractivity contribution in [3.63, 3.8) is 0 Å². The zero-order valence-electron chi connectivity index (χ0n) is 11.0. The number of carbonyl (C=O) groups is 1. The van der Waals surface area contributed by atoms with Gasteiger partial charge in [-0.15, -0.1) is 0 Å². The second kappa shape index (κ2) is 5.36. The van der Waals surface area contributed by atoms with Crippen LogP contribution >= 0.6 is 0 Å². The highest BCUT2D eigenvalue weighted by Crippen LogP contribution is 2.27. The van der Waals surface area contributed by atoms with Crippen LogP contribution in [0.2, 0.25) is 0 Å². The number of amides is 1. The largest absolute Gasteiger partial charge is 0.365 e. The highest BCUT2D eigenvalue weighted by Gasteiger charge is 2.39. The summed E-state index contributed by atoms with van der Waals surface area (Å²) in [4.78, 5) is 14.2. The van der Waals surface area contributed by atoms with E-state index in [1.165, 1.54) is 19.3 Å². The van der Waals surface area contributed by atoms with Gasteiger partial charge in [0, 0.05) is 26.2 Å². The lowest BCUT2D eigenvalue weighted by Crippen LogP contribution is -2.50. The van der Waals surface area contributed by atoms with Crippen molar-refractivity contribution in [3.8, 4) is 0 Å². The van der Waals surface area contributed by atoms with Gasteiger partial charge >= 0.3 is 0 Å². The Bertz CT molecular complexity index is 269. The molecule has 2 rings (SSSR count). The number of carbonyl (C=O) groups excluding carboxylic acids is 1. The lowest BCUT2D eigenvalue weighted by atomic mass is 10.00. The summed E-state index contributed by atoms with van der Waals surface area (Å²) in [6.45, 7) is 4.53. The van der Waals surface area contributed by atoms with Gasteiger partial charge in [0.1, 0.15) is 5.60 Å². The summed E-state index contributed by atoms with van der Waals surface area (Å²) in [5, 5.41) is 3.47. The molecule has 0 aromatic heterocycles. The van der Waals surface area contributed by atoms with Crippen molar-refractivity contribution in [3.05, 3.63) is 0 Å². The maximum atomic E-state index is 12.3. The quantitative estimate of drug-likeness (QED) is 0.805. The van der Waals surface area contributed by atoms with E-state index in [-0.39, 0.29) is 5.91 Å². The highest BCUT2D eigenvalue weighted by atomic mass is 16.5. The molecule has 2 aliphatic heterocycles. The SMILES string of the molecule is CN(CC1CCCCN1)C(=O)C1(C)CCCO1. The smallest absolute Gasteiger partial charge is 0.254 e. The second-order valence-electron chi connectivity index (χ2n) is 5.52. The minimum Gasteiger partial charge on any atom is -0.365 e. The maximum Gasteiger partial charge on any atom is 0.254 e. The molecule has 98 valence electrons. The van der Waals surface area contributed by atoms with Crippen LogP contribution in [-0.2, 0) is 9.53 Å². The molecule has 17 heavy (non-hydrogen) atoms. The van der Waals surface area contributed by atoms with Crippen LogP contribution in [0.4, 0.5) is 0 Å². The molecule has 1 N–H and O–H groups in total. The topological polar surface area (TPSA) is 41.6 Å². The molecule has 2 atom stereocenters. The molecular weight excluding hydrogens is 216 g/mol. The third kappa shape index (κ3) is 2.99. The van der Waals surface area contributed by atoms with Gasteiger partial charge in [-0.05, 0) is 39.2 Å². The first kappa shape index (κ1) is 12.8. The van der Waals surface area contributed by atoms with Crippen LogP contribution in [0.25, 0.3) is 0 Å². The van der Waals surface area contributed by atoms with Crippen molar-refractivity contribution < 1.29 is 9.53 Å². The molecule has 2 unspecified atom stereocenters. The number of likely N-dealkylation sites (N-methyl/N-ethyl adjacent to an activating group) is 1. The highest BCUT2D eigenvalue weighted by molar-refractivity contribution is 5.84. The van der Waals surface area contributed by atoms with Gasteiger partial charge in [0.25, 0.3) is 5.91 Å². The monoisotopic (exact) mass is 240 g/mol. The number of hydrogen-bond acceptors (Lipinski definition) is 3. The molecule has 0 bridgehead atoms. The van der Waals surface area contributed by atoms with Crippen LogP contribution in [0.15, 0.2) is 0 Å². The van der Waals surface area contributed by atoms with Crippen molar-refractivity contribution in [1.82, 2.24) is 10.2 Å². The number of nitrogens with zero attached hydrogens (tertiary/aromatic N) is 1. The Hall–Kier alpha value is -0.610. The van der Waals surface area contributed by atoms with Crippen LogP contribution in [0.5, 0.6) is 0 Å². The van der Waals surface area contributed by atoms with Crippen molar-refractivity contribution >= 4 is 5.91 Å². The average molecular weight is 240 g/mol. The first-order chi connectivity index (χ1) is 8.12. The van der Waals surface area contributed by atoms with Gasteiger partial charge in [-0.2, -0.15) is 0 Å². The summed E-state index contributed by atoms with van der Waals surface area (Å²) in [5.41, 5.74) is -0.566. The Balaban J connectivity index is 1.85. The molecular formula is C13H24N2O2. The van der Waals surface area contributed by atoms with E-state index in [4.69, 9.17) is 4.74 Å². The molecule has 2 saturated heterocycles. The van der Waals surface area contributed by atoms with Gasteiger partial charge in [0.05, 0.1) is 0 Å². The number of nitrogens with one attached hydrogen (secondary N) is 1. The number of ether oxygens (including phenoxy) is 1. The van der Waals surface area contributed by atoms with Crippen LogP contribution in [0.1, 0.15) is 39.0 Å². The average Bonchev–Trinajstić information content (AvgIpc) is 2.78. The fourth-order valence-electron chi connectivity index (χ4n) is 2.84. The van der Waals surface area contributed by atoms with Crippen molar-refractivity contribution in [2.45, 2.75) is 50.7 Å². The third-order valence-corrected chi connectivity index (χ3v) is 3.92. The molecule has 1 amide bonds. The molecule has 0 aromatic carbocycles. The van der Waals surface area contributed by atoms with E-state index in [9.17, 15) is 4.79 Å². The van der Waals surface area contributed by atoms with Crippen molar-refractivity contribution in [1.29, 1.82) is 0 Å². The maximum absolute atomic E-state index is 12.3. The minimum atomic E-state index is -0.566. The molecule has 0 spiro atoms. The molecule has 2 fully saturated rings. The molecule has 0 radical (unpaired) electrons. The number of rotatable bonds is 3. The van der Waals surface area contributed by atoms with Crippen molar-refractivity contribution in [2.75, 3.05) is 26.7 Å². The van der Waals surface area contributed by atoms with E-state index in [1.807, 2.05) is 18.9 Å². The van der Waals surface area contributed by atoms with Gasteiger partial charge in [-0.3, -0.25) is 4.79 Å². The Morgan fingerprint density at radius 2 is 2.29 bits per heavy atom. The van der Waals surface area contributed by atoms with Crippen LogP contribution in [0.3, 0.4) is 0 Å². The number of hydrogen-bond donors (Lipinski definition) is 1. The van der Waals surface area contributed by atoms with Gasteiger partial charge < -0.3 is 15.0 Å². The van der Waals surface area contributed by atoms with Crippen LogP contribution in [-0.4, -0.2) is 49.2 Å². The second-order valence-corrected chi connectivity index (χ2v) is 5.52. The fraction of sp³-hybridized carbons (Fsp3) is 0.923. The van der Waals surface area contributed by atoms with Gasteiger partial charge in [0.15, 0.2) is 0 Å². The van der Waals surface area contributed by atoms with Gasteiger partial charge in [0.2, 0.25) is 0 Å². The van der Waals surface area contributed by atoms with Gasteiger partial charge in [-0.1, -0.05) is 6.42 Å². The molecule has 0 aromatic rings. The zero-order valence-corrected chi connectivity index (χ0v) is 11.0. The Morgan fingerprint density at radius 1 is 1.47 bits per heavy atom. The summed E-state index contributed by atoms with van der Waals surface area (Å²) in [7, 11) is 1.89. The van der Waals surface area contributed by atoms with E-state index in [0.29, 0.717) is 6.04 Å². The van der Waals surface area contributed by atoms with E-state index < -0.39 is 5.60 Å². The van der Waals surface area contributed by atoms with E-state index in [1.54, 1.807) is 0 Å². The predicted octanol–water partition coefficient (Wildman–Crippen LogP) is 1.16. The predicted molar refractivity (Wildman–Crippen MR) is 66.9 cm³/mol. The first-order valence-electron chi connectivity index (χ1n) is 6.75. The minimum absolute atomic E-state index is 0.141. The first-order valence-corrected chi connectivity index (χ1v) is 6.75. The molecule has 0 saturated carbocycles. The van der Waals surface area contributed by atoms with Crippen molar-refractivity contribution in [2.24, 2.45) is 0 Å². The normalized spacial score (nSPS) is 33.6. The van der Waals surface area contributed by atoms with E-state index >= 15 is 0 Å². The van der Waals surface area contributed by atoms with E-state index in [2.05, 4.69) is 5.32 Å². The Morgan fingerprint density at radius 3 is 2.88 bits per heavy atom. The lowest BCUT2D eigenvalue weighted by molar-refractivity contribution is -0.149. The fourth-order valence-corrected chi connectivity index (χ4v) is 2.84. The summed E-state index contributed by atoms with van der Waals surface area (Å²) in [5.74, 6) is 0.141.